The van der Waals surface area contributed by atoms with Crippen molar-refractivity contribution in [2.24, 2.45) is 11.8 Å². The minimum atomic E-state index is 0.109. The molecule has 0 spiro atoms. The molecule has 3 aromatic rings. The number of furan rings is 1. The van der Waals surface area contributed by atoms with Crippen molar-refractivity contribution in [1.82, 2.24) is 15.3 Å². The molecule has 2 aromatic heterocycles. The molecule has 0 unspecified atom stereocenters. The molecule has 1 amide bonds. The third kappa shape index (κ3) is 2.79. The minimum Gasteiger partial charge on any atom is -0.450 e. The number of benzene rings is 1. The fourth-order valence-electron chi connectivity index (χ4n) is 3.80. The lowest BCUT2D eigenvalue weighted by molar-refractivity contribution is -0.125. The van der Waals surface area contributed by atoms with Gasteiger partial charge in [-0.2, -0.15) is 0 Å². The highest BCUT2D eigenvalue weighted by Crippen LogP contribution is 2.34. The number of aromatic nitrogens is 2. The molecule has 1 saturated carbocycles. The van der Waals surface area contributed by atoms with E-state index in [1.54, 1.807) is 6.33 Å². The third-order valence-electron chi connectivity index (χ3n) is 5.57. The SMILES string of the molecule is O=C(NCC1CC1)C1CCN(c2ncnc3c2oc2ccccc23)CC1. The average Bonchev–Trinajstić information content (AvgIpc) is 3.44. The smallest absolute Gasteiger partial charge is 0.223 e. The first-order valence-corrected chi connectivity index (χ1v) is 9.44. The van der Waals surface area contributed by atoms with Crippen LogP contribution in [0.25, 0.3) is 22.1 Å². The second-order valence-corrected chi connectivity index (χ2v) is 7.42. The van der Waals surface area contributed by atoms with E-state index in [4.69, 9.17) is 4.42 Å². The van der Waals surface area contributed by atoms with Gasteiger partial charge in [0.25, 0.3) is 0 Å². The first-order chi connectivity index (χ1) is 12.8. The molecule has 5 rings (SSSR count). The summed E-state index contributed by atoms with van der Waals surface area (Å²) >= 11 is 0. The van der Waals surface area contributed by atoms with Crippen LogP contribution in [0.3, 0.4) is 0 Å². The highest BCUT2D eigenvalue weighted by molar-refractivity contribution is 6.05. The predicted octanol–water partition coefficient (Wildman–Crippen LogP) is 3.12. The molecule has 26 heavy (non-hydrogen) atoms. The van der Waals surface area contributed by atoms with Crippen molar-refractivity contribution in [2.45, 2.75) is 25.7 Å². The fraction of sp³-hybridized carbons (Fsp3) is 0.450. The van der Waals surface area contributed by atoms with Crippen LogP contribution in [-0.4, -0.2) is 35.5 Å². The zero-order valence-electron chi connectivity index (χ0n) is 14.6. The molecule has 3 heterocycles. The third-order valence-corrected chi connectivity index (χ3v) is 5.57. The number of rotatable bonds is 4. The van der Waals surface area contributed by atoms with Crippen molar-refractivity contribution >= 4 is 33.8 Å². The molecule has 6 heteroatoms. The monoisotopic (exact) mass is 350 g/mol. The van der Waals surface area contributed by atoms with Crippen LogP contribution in [0.2, 0.25) is 0 Å². The van der Waals surface area contributed by atoms with Gasteiger partial charge < -0.3 is 14.6 Å². The summed E-state index contributed by atoms with van der Waals surface area (Å²) in [6.07, 6.45) is 5.83. The maximum atomic E-state index is 12.3. The van der Waals surface area contributed by atoms with Gasteiger partial charge in [0.15, 0.2) is 11.4 Å². The van der Waals surface area contributed by atoms with E-state index in [2.05, 4.69) is 20.2 Å². The molecule has 0 atom stereocenters. The van der Waals surface area contributed by atoms with E-state index in [-0.39, 0.29) is 11.8 Å². The van der Waals surface area contributed by atoms with E-state index in [1.165, 1.54) is 12.8 Å². The van der Waals surface area contributed by atoms with Crippen molar-refractivity contribution < 1.29 is 9.21 Å². The van der Waals surface area contributed by atoms with Gasteiger partial charge >= 0.3 is 0 Å². The van der Waals surface area contributed by atoms with Gasteiger partial charge in [-0.3, -0.25) is 4.79 Å². The van der Waals surface area contributed by atoms with Crippen LogP contribution in [0.4, 0.5) is 5.82 Å². The molecule has 1 aromatic carbocycles. The second kappa shape index (κ2) is 6.27. The molecule has 1 saturated heterocycles. The molecular weight excluding hydrogens is 328 g/mol. The highest BCUT2D eigenvalue weighted by atomic mass is 16.3. The largest absolute Gasteiger partial charge is 0.450 e. The maximum absolute atomic E-state index is 12.3. The summed E-state index contributed by atoms with van der Waals surface area (Å²) in [6.45, 7) is 2.47. The number of fused-ring (bicyclic) bond motifs is 3. The predicted molar refractivity (Wildman–Crippen MR) is 100.0 cm³/mol. The normalized spacial score (nSPS) is 18.5. The van der Waals surface area contributed by atoms with E-state index >= 15 is 0 Å². The van der Waals surface area contributed by atoms with E-state index in [9.17, 15) is 4.79 Å². The standard InChI is InChI=1S/C20H22N4O2/c25-20(21-11-13-5-6-13)14-7-9-24(10-8-14)19-18-17(22-12-23-19)15-3-1-2-4-16(15)26-18/h1-4,12-14H,5-11H2,(H,21,25). The topological polar surface area (TPSA) is 71.3 Å². The Bertz CT molecular complexity index is 955. The first kappa shape index (κ1) is 15.6. The Balaban J connectivity index is 1.34. The van der Waals surface area contributed by atoms with Gasteiger partial charge in [-0.1, -0.05) is 12.1 Å². The molecule has 0 bridgehead atoms. The number of hydrogen-bond acceptors (Lipinski definition) is 5. The van der Waals surface area contributed by atoms with E-state index in [1.807, 2.05) is 24.3 Å². The van der Waals surface area contributed by atoms with Gasteiger partial charge in [0.05, 0.1) is 0 Å². The number of hydrogen-bond donors (Lipinski definition) is 1. The number of carbonyl (C=O) groups excluding carboxylic acids is 1. The Kier molecular flexibility index (Phi) is 3.76. The molecule has 2 fully saturated rings. The number of amides is 1. The zero-order valence-corrected chi connectivity index (χ0v) is 14.6. The van der Waals surface area contributed by atoms with Crippen molar-refractivity contribution in [3.8, 4) is 0 Å². The molecule has 2 aliphatic rings. The van der Waals surface area contributed by atoms with Crippen LogP contribution < -0.4 is 10.2 Å². The van der Waals surface area contributed by atoms with Crippen molar-refractivity contribution in [3.05, 3.63) is 30.6 Å². The van der Waals surface area contributed by atoms with E-state index in [0.29, 0.717) is 0 Å². The Hall–Kier alpha value is -2.63. The zero-order chi connectivity index (χ0) is 17.5. The van der Waals surface area contributed by atoms with Crippen LogP contribution in [0.15, 0.2) is 35.0 Å². The number of carbonyl (C=O) groups is 1. The summed E-state index contributed by atoms with van der Waals surface area (Å²) in [5, 5.41) is 4.13. The van der Waals surface area contributed by atoms with Crippen LogP contribution in [-0.2, 0) is 4.79 Å². The summed E-state index contributed by atoms with van der Waals surface area (Å²) in [7, 11) is 0. The van der Waals surface area contributed by atoms with E-state index in [0.717, 1.165) is 66.3 Å². The van der Waals surface area contributed by atoms with Crippen molar-refractivity contribution in [2.75, 3.05) is 24.5 Å². The van der Waals surface area contributed by atoms with Gasteiger partial charge in [0.2, 0.25) is 5.91 Å². The van der Waals surface area contributed by atoms with Gasteiger partial charge in [-0.15, -0.1) is 0 Å². The molecule has 6 nitrogen and oxygen atoms in total. The second-order valence-electron chi connectivity index (χ2n) is 7.42. The molecule has 134 valence electrons. The Labute approximate surface area is 151 Å². The maximum Gasteiger partial charge on any atom is 0.223 e. The fourth-order valence-corrected chi connectivity index (χ4v) is 3.80. The van der Waals surface area contributed by atoms with Crippen LogP contribution in [0.5, 0.6) is 0 Å². The first-order valence-electron chi connectivity index (χ1n) is 9.44. The number of piperidine rings is 1. The summed E-state index contributed by atoms with van der Waals surface area (Å²) in [5.41, 5.74) is 2.43. The molecule has 1 N–H and O–H groups in total. The number of nitrogens with one attached hydrogen (secondary N) is 1. The van der Waals surface area contributed by atoms with Gasteiger partial charge in [0, 0.05) is 30.9 Å². The van der Waals surface area contributed by atoms with Gasteiger partial charge in [-0.05, 0) is 43.7 Å². The van der Waals surface area contributed by atoms with E-state index < -0.39 is 0 Å². The highest BCUT2D eigenvalue weighted by Gasteiger charge is 2.29. The summed E-state index contributed by atoms with van der Waals surface area (Å²) < 4.78 is 6.04. The lowest BCUT2D eigenvalue weighted by Crippen LogP contribution is -2.41. The number of para-hydroxylation sites is 1. The average molecular weight is 350 g/mol. The Morgan fingerprint density at radius 3 is 2.77 bits per heavy atom. The molecule has 1 aliphatic heterocycles. The summed E-state index contributed by atoms with van der Waals surface area (Å²) in [6, 6.07) is 7.93. The number of anilines is 1. The lowest BCUT2D eigenvalue weighted by Gasteiger charge is -2.31. The summed E-state index contributed by atoms with van der Waals surface area (Å²) in [5.74, 6) is 1.88. The van der Waals surface area contributed by atoms with Gasteiger partial charge in [-0.25, -0.2) is 9.97 Å². The van der Waals surface area contributed by atoms with Crippen molar-refractivity contribution in [3.63, 3.8) is 0 Å². The van der Waals surface area contributed by atoms with Crippen LogP contribution in [0, 0.1) is 11.8 Å². The van der Waals surface area contributed by atoms with Crippen LogP contribution in [0.1, 0.15) is 25.7 Å². The molecular formula is C20H22N4O2. The van der Waals surface area contributed by atoms with Crippen LogP contribution >= 0.6 is 0 Å². The van der Waals surface area contributed by atoms with Gasteiger partial charge in [0.1, 0.15) is 17.4 Å². The quantitative estimate of drug-likeness (QED) is 0.783. The molecule has 0 radical (unpaired) electrons. The van der Waals surface area contributed by atoms with Crippen molar-refractivity contribution in [1.29, 1.82) is 0 Å². The minimum absolute atomic E-state index is 0.109. The number of nitrogens with zero attached hydrogens (tertiary/aromatic N) is 3. The Morgan fingerprint density at radius 1 is 1.15 bits per heavy atom. The molecule has 1 aliphatic carbocycles. The lowest BCUT2D eigenvalue weighted by atomic mass is 9.96. The Morgan fingerprint density at radius 2 is 1.96 bits per heavy atom. The summed E-state index contributed by atoms with van der Waals surface area (Å²) in [4.78, 5) is 23.5.